The molecule has 1 aromatic heterocycles. The second kappa shape index (κ2) is 8.11. The van der Waals surface area contributed by atoms with Crippen LogP contribution in [-0.2, 0) is 0 Å². The SMILES string of the molecule is CC(C)(C)C(=Cc1ccc2[nH]nc(C3CCN4CCCC4C3)c2c1)c1cccc(F)c1F. The Labute approximate surface area is 188 Å². The molecule has 0 amide bonds. The van der Waals surface area contributed by atoms with Gasteiger partial charge in [-0.3, -0.25) is 5.10 Å². The van der Waals surface area contributed by atoms with Crippen LogP contribution in [0.3, 0.4) is 0 Å². The summed E-state index contributed by atoms with van der Waals surface area (Å²) in [4.78, 5) is 2.63. The Hall–Kier alpha value is -2.53. The molecule has 0 radical (unpaired) electrons. The molecule has 1 N–H and O–H groups in total. The first-order valence-electron chi connectivity index (χ1n) is 11.7. The normalized spacial score (nSPS) is 22.5. The van der Waals surface area contributed by atoms with E-state index in [1.807, 2.05) is 39.0 Å². The molecule has 3 nitrogen and oxygen atoms in total. The average Bonchev–Trinajstić information content (AvgIpc) is 3.39. The maximum atomic E-state index is 14.7. The lowest BCUT2D eigenvalue weighted by Crippen LogP contribution is -2.37. The summed E-state index contributed by atoms with van der Waals surface area (Å²) in [6, 6.07) is 11.3. The van der Waals surface area contributed by atoms with E-state index in [-0.39, 0.29) is 5.41 Å². The van der Waals surface area contributed by atoms with Crippen molar-refractivity contribution < 1.29 is 8.78 Å². The molecule has 0 saturated carbocycles. The number of halogens is 2. The van der Waals surface area contributed by atoms with E-state index < -0.39 is 11.6 Å². The molecular weight excluding hydrogens is 404 g/mol. The van der Waals surface area contributed by atoms with Gasteiger partial charge < -0.3 is 4.90 Å². The van der Waals surface area contributed by atoms with Gasteiger partial charge in [-0.15, -0.1) is 0 Å². The Morgan fingerprint density at radius 3 is 2.78 bits per heavy atom. The fourth-order valence-corrected chi connectivity index (χ4v) is 5.50. The van der Waals surface area contributed by atoms with Crippen LogP contribution in [0.25, 0.3) is 22.6 Å². The van der Waals surface area contributed by atoms with Crippen LogP contribution in [0, 0.1) is 17.0 Å². The molecule has 0 bridgehead atoms. The molecule has 2 unspecified atom stereocenters. The minimum Gasteiger partial charge on any atom is -0.300 e. The number of allylic oxidation sites excluding steroid dienone is 1. The van der Waals surface area contributed by atoms with Crippen molar-refractivity contribution in [1.29, 1.82) is 0 Å². The molecule has 2 atom stereocenters. The van der Waals surface area contributed by atoms with Crippen LogP contribution in [0.15, 0.2) is 36.4 Å². The lowest BCUT2D eigenvalue weighted by Gasteiger charge is -2.34. The van der Waals surface area contributed by atoms with Gasteiger partial charge in [0.2, 0.25) is 0 Å². The number of nitrogens with one attached hydrogen (secondary N) is 1. The number of piperidine rings is 1. The van der Waals surface area contributed by atoms with Crippen molar-refractivity contribution in [3.8, 4) is 0 Å². The van der Waals surface area contributed by atoms with Crippen LogP contribution >= 0.6 is 0 Å². The fraction of sp³-hybridized carbons (Fsp3) is 0.444. The lowest BCUT2D eigenvalue weighted by atomic mass is 9.80. The summed E-state index contributed by atoms with van der Waals surface area (Å²) in [7, 11) is 0. The van der Waals surface area contributed by atoms with Crippen LogP contribution in [-0.4, -0.2) is 34.2 Å². The van der Waals surface area contributed by atoms with Crippen LogP contribution in [0.4, 0.5) is 8.78 Å². The standard InChI is InChI=1S/C27H31F2N3/c1-27(2,3)22(20-7-4-8-23(28)25(20)29)15-17-9-10-24-21(14-17)26(31-30-24)18-11-13-32-12-5-6-19(32)16-18/h4,7-10,14-15,18-19H,5-6,11-13,16H2,1-3H3,(H,30,31). The number of aromatic nitrogens is 2. The van der Waals surface area contributed by atoms with Gasteiger partial charge in [-0.1, -0.05) is 45.0 Å². The third-order valence-electron chi connectivity index (χ3n) is 7.18. The quantitative estimate of drug-likeness (QED) is 0.460. The van der Waals surface area contributed by atoms with E-state index in [4.69, 9.17) is 5.10 Å². The minimum atomic E-state index is -0.816. The van der Waals surface area contributed by atoms with Crippen LogP contribution in [0.2, 0.25) is 0 Å². The average molecular weight is 436 g/mol. The largest absolute Gasteiger partial charge is 0.300 e. The van der Waals surface area contributed by atoms with Crippen molar-refractivity contribution in [2.24, 2.45) is 5.41 Å². The molecule has 2 fully saturated rings. The molecule has 3 heterocycles. The zero-order valence-corrected chi connectivity index (χ0v) is 19.1. The summed E-state index contributed by atoms with van der Waals surface area (Å²) >= 11 is 0. The summed E-state index contributed by atoms with van der Waals surface area (Å²) in [6.45, 7) is 8.47. The molecular formula is C27H31F2N3. The number of rotatable bonds is 3. The smallest absolute Gasteiger partial charge is 0.166 e. The third-order valence-corrected chi connectivity index (χ3v) is 7.18. The summed E-state index contributed by atoms with van der Waals surface area (Å²) in [5.74, 6) is -1.14. The second-order valence-corrected chi connectivity index (χ2v) is 10.4. The molecule has 32 heavy (non-hydrogen) atoms. The van der Waals surface area contributed by atoms with E-state index in [2.05, 4.69) is 16.1 Å². The third kappa shape index (κ3) is 3.88. The van der Waals surface area contributed by atoms with Gasteiger partial charge in [0.25, 0.3) is 0 Å². The van der Waals surface area contributed by atoms with Gasteiger partial charge in [0.05, 0.1) is 11.2 Å². The zero-order chi connectivity index (χ0) is 22.5. The number of nitrogens with zero attached hydrogens (tertiary/aromatic N) is 2. The highest BCUT2D eigenvalue weighted by molar-refractivity contribution is 5.89. The first-order chi connectivity index (χ1) is 15.3. The number of benzene rings is 2. The number of fused-ring (bicyclic) bond motifs is 2. The Morgan fingerprint density at radius 1 is 1.12 bits per heavy atom. The number of H-pyrrole nitrogens is 1. The van der Waals surface area contributed by atoms with E-state index in [0.717, 1.165) is 40.7 Å². The van der Waals surface area contributed by atoms with Crippen molar-refractivity contribution in [2.75, 3.05) is 13.1 Å². The highest BCUT2D eigenvalue weighted by Gasteiger charge is 2.34. The van der Waals surface area contributed by atoms with E-state index in [1.54, 1.807) is 12.1 Å². The van der Waals surface area contributed by atoms with Crippen molar-refractivity contribution in [1.82, 2.24) is 15.1 Å². The zero-order valence-electron chi connectivity index (χ0n) is 19.1. The minimum absolute atomic E-state index is 0.318. The van der Waals surface area contributed by atoms with Crippen LogP contribution in [0.1, 0.15) is 69.2 Å². The molecule has 2 aromatic carbocycles. The maximum Gasteiger partial charge on any atom is 0.166 e. The van der Waals surface area contributed by atoms with Crippen molar-refractivity contribution in [3.63, 3.8) is 0 Å². The van der Waals surface area contributed by atoms with Crippen molar-refractivity contribution >= 4 is 22.6 Å². The Balaban J connectivity index is 1.54. The summed E-state index contributed by atoms with van der Waals surface area (Å²) in [5, 5.41) is 9.06. The predicted molar refractivity (Wildman–Crippen MR) is 126 cm³/mol. The van der Waals surface area contributed by atoms with Gasteiger partial charge in [-0.2, -0.15) is 5.10 Å². The van der Waals surface area contributed by atoms with Gasteiger partial charge in [-0.25, -0.2) is 8.78 Å². The van der Waals surface area contributed by atoms with Crippen molar-refractivity contribution in [3.05, 3.63) is 64.9 Å². The molecule has 3 aromatic rings. The van der Waals surface area contributed by atoms with Crippen LogP contribution in [0.5, 0.6) is 0 Å². The van der Waals surface area contributed by atoms with Gasteiger partial charge in [0.15, 0.2) is 11.6 Å². The fourth-order valence-electron chi connectivity index (χ4n) is 5.50. The Kier molecular flexibility index (Phi) is 5.40. The lowest BCUT2D eigenvalue weighted by molar-refractivity contribution is 0.180. The monoisotopic (exact) mass is 435 g/mol. The highest BCUT2D eigenvalue weighted by Crippen LogP contribution is 2.40. The van der Waals surface area contributed by atoms with Gasteiger partial charge in [0, 0.05) is 22.9 Å². The molecule has 5 heteroatoms. The summed E-state index contributed by atoms with van der Waals surface area (Å²) < 4.78 is 28.6. The van der Waals surface area contributed by atoms with E-state index >= 15 is 0 Å². The topological polar surface area (TPSA) is 31.9 Å². The summed E-state index contributed by atoms with van der Waals surface area (Å²) in [5.41, 5.74) is 3.90. The molecule has 2 saturated heterocycles. The van der Waals surface area contributed by atoms with Crippen molar-refractivity contribution in [2.45, 2.75) is 58.4 Å². The van der Waals surface area contributed by atoms with Crippen LogP contribution < -0.4 is 0 Å². The van der Waals surface area contributed by atoms with E-state index in [9.17, 15) is 8.78 Å². The Morgan fingerprint density at radius 2 is 1.97 bits per heavy atom. The number of hydrogen-bond acceptors (Lipinski definition) is 2. The molecule has 2 aliphatic heterocycles. The molecule has 168 valence electrons. The van der Waals surface area contributed by atoms with Gasteiger partial charge in [0.1, 0.15) is 0 Å². The maximum absolute atomic E-state index is 14.7. The van der Waals surface area contributed by atoms with E-state index in [0.29, 0.717) is 17.5 Å². The molecule has 0 aliphatic carbocycles. The highest BCUT2D eigenvalue weighted by atomic mass is 19.2. The first kappa shape index (κ1) is 21.3. The Bertz CT molecular complexity index is 1170. The van der Waals surface area contributed by atoms with E-state index in [1.165, 1.54) is 31.9 Å². The molecule has 2 aliphatic rings. The second-order valence-electron chi connectivity index (χ2n) is 10.4. The number of aromatic amines is 1. The number of hydrogen-bond donors (Lipinski definition) is 1. The molecule has 5 rings (SSSR count). The predicted octanol–water partition coefficient (Wildman–Crippen LogP) is 6.77. The molecule has 0 spiro atoms. The van der Waals surface area contributed by atoms with Gasteiger partial charge >= 0.3 is 0 Å². The first-order valence-corrected chi connectivity index (χ1v) is 11.7. The summed E-state index contributed by atoms with van der Waals surface area (Å²) in [6.07, 6.45) is 6.90. The van der Waals surface area contributed by atoms with Gasteiger partial charge in [-0.05, 0) is 73.5 Å².